The van der Waals surface area contributed by atoms with Crippen LogP contribution in [0.4, 0.5) is 13.2 Å². The Balaban J connectivity index is 1.52. The first kappa shape index (κ1) is 19.7. The van der Waals surface area contributed by atoms with Gasteiger partial charge in [0.15, 0.2) is 17.0 Å². The largest absolute Gasteiger partial charge is 0.433 e. The van der Waals surface area contributed by atoms with Gasteiger partial charge in [-0.2, -0.15) is 18.3 Å². The molecule has 31 heavy (non-hydrogen) atoms. The molecule has 1 aliphatic carbocycles. The van der Waals surface area contributed by atoms with Gasteiger partial charge in [-0.25, -0.2) is 9.50 Å². The molecule has 0 saturated carbocycles. The predicted molar refractivity (Wildman–Crippen MR) is 111 cm³/mol. The minimum absolute atomic E-state index is 0.0209. The van der Waals surface area contributed by atoms with E-state index >= 15 is 0 Å². The number of rotatable bonds is 3. The first-order valence-corrected chi connectivity index (χ1v) is 10.7. The summed E-state index contributed by atoms with van der Waals surface area (Å²) in [5.41, 5.74) is 1.33. The first-order valence-electron chi connectivity index (χ1n) is 9.81. The zero-order valence-electron chi connectivity index (χ0n) is 16.2. The van der Waals surface area contributed by atoms with Crippen molar-refractivity contribution in [1.29, 1.82) is 0 Å². The maximum Gasteiger partial charge on any atom is 0.433 e. The lowest BCUT2D eigenvalue weighted by atomic mass is 9.88. The molecule has 3 heterocycles. The van der Waals surface area contributed by atoms with Crippen LogP contribution in [-0.2, 0) is 12.6 Å². The van der Waals surface area contributed by atoms with Gasteiger partial charge < -0.3 is 5.32 Å². The molecule has 0 spiro atoms. The number of carbonyl (C=O) groups excluding carboxylic acids is 1. The summed E-state index contributed by atoms with van der Waals surface area (Å²) in [7, 11) is 0. The van der Waals surface area contributed by atoms with Gasteiger partial charge in [0.2, 0.25) is 0 Å². The molecule has 0 saturated heterocycles. The summed E-state index contributed by atoms with van der Waals surface area (Å²) in [5, 5.41) is 8.65. The van der Waals surface area contributed by atoms with Crippen LogP contribution in [-0.4, -0.2) is 20.5 Å². The standard InChI is InChI=1S/C22H17F3N4OS/c23-22(24,25)19-11-16(18-9-4-10-31-18)26-20-12-17(28-29(19)20)21(30)27-15-8-3-6-13-5-1-2-7-14(13)15/h1-2,4-5,7,9-12,15H,3,6,8H2,(H,27,30)/t15-/m1/s1. The number of hydrogen-bond acceptors (Lipinski definition) is 4. The number of nitrogens with zero attached hydrogens (tertiary/aromatic N) is 3. The van der Waals surface area contributed by atoms with E-state index in [2.05, 4.69) is 15.4 Å². The number of halogens is 3. The lowest BCUT2D eigenvalue weighted by Gasteiger charge is -2.26. The van der Waals surface area contributed by atoms with E-state index in [0.29, 0.717) is 9.39 Å². The third kappa shape index (κ3) is 3.69. The van der Waals surface area contributed by atoms with Gasteiger partial charge in [0.1, 0.15) is 0 Å². The lowest BCUT2D eigenvalue weighted by Crippen LogP contribution is -2.31. The highest BCUT2D eigenvalue weighted by Crippen LogP contribution is 2.34. The van der Waals surface area contributed by atoms with Crippen LogP contribution in [0.2, 0.25) is 0 Å². The molecule has 158 valence electrons. The van der Waals surface area contributed by atoms with E-state index in [-0.39, 0.29) is 23.1 Å². The second-order valence-corrected chi connectivity index (χ2v) is 8.37. The number of benzene rings is 1. The van der Waals surface area contributed by atoms with E-state index in [4.69, 9.17) is 0 Å². The maximum atomic E-state index is 13.7. The minimum atomic E-state index is -4.64. The SMILES string of the molecule is O=C(N[C@@H]1CCCc2ccccc21)c1cc2nc(-c3cccs3)cc(C(F)(F)F)n2n1. The minimum Gasteiger partial charge on any atom is -0.344 e. The van der Waals surface area contributed by atoms with E-state index in [1.807, 2.05) is 24.3 Å². The van der Waals surface area contributed by atoms with Gasteiger partial charge in [-0.3, -0.25) is 4.79 Å². The molecule has 0 bridgehead atoms. The van der Waals surface area contributed by atoms with Crippen LogP contribution in [0.25, 0.3) is 16.2 Å². The van der Waals surface area contributed by atoms with Gasteiger partial charge >= 0.3 is 6.18 Å². The third-order valence-corrected chi connectivity index (χ3v) is 6.29. The van der Waals surface area contributed by atoms with Crippen LogP contribution in [0, 0.1) is 0 Å². The lowest BCUT2D eigenvalue weighted by molar-refractivity contribution is -0.142. The maximum absolute atomic E-state index is 13.7. The Morgan fingerprint density at radius 2 is 2.00 bits per heavy atom. The number of aromatic nitrogens is 3. The first-order chi connectivity index (χ1) is 14.9. The van der Waals surface area contributed by atoms with Crippen molar-refractivity contribution in [3.05, 3.63) is 76.4 Å². The van der Waals surface area contributed by atoms with E-state index in [9.17, 15) is 18.0 Å². The number of amides is 1. The number of nitrogens with one attached hydrogen (secondary N) is 1. The van der Waals surface area contributed by atoms with Crippen LogP contribution in [0.15, 0.2) is 53.9 Å². The highest BCUT2D eigenvalue weighted by molar-refractivity contribution is 7.13. The van der Waals surface area contributed by atoms with Crippen LogP contribution >= 0.6 is 11.3 Å². The molecule has 0 radical (unpaired) electrons. The predicted octanol–water partition coefficient (Wildman–Crippen LogP) is 5.28. The van der Waals surface area contributed by atoms with Crippen molar-refractivity contribution >= 4 is 22.9 Å². The summed E-state index contributed by atoms with van der Waals surface area (Å²) in [5.74, 6) is -0.516. The number of thiophene rings is 1. The summed E-state index contributed by atoms with van der Waals surface area (Å²) in [6.45, 7) is 0. The fourth-order valence-electron chi connectivity index (χ4n) is 3.97. The van der Waals surface area contributed by atoms with E-state index in [0.717, 1.165) is 30.9 Å². The number of hydrogen-bond donors (Lipinski definition) is 1. The van der Waals surface area contributed by atoms with E-state index in [1.165, 1.54) is 23.0 Å². The molecule has 0 aliphatic heterocycles. The average Bonchev–Trinajstić information content (AvgIpc) is 3.42. The molecule has 5 nitrogen and oxygen atoms in total. The number of aryl methyl sites for hydroxylation is 1. The van der Waals surface area contributed by atoms with Gasteiger partial charge in [0.25, 0.3) is 5.91 Å². The molecule has 1 aliphatic rings. The molecule has 4 aromatic rings. The number of fused-ring (bicyclic) bond motifs is 2. The van der Waals surface area contributed by atoms with Crippen molar-refractivity contribution in [2.45, 2.75) is 31.5 Å². The molecule has 1 amide bonds. The average molecular weight is 442 g/mol. The molecule has 1 atom stereocenters. The Morgan fingerprint density at radius 1 is 1.16 bits per heavy atom. The van der Waals surface area contributed by atoms with Gasteiger partial charge in [0.05, 0.1) is 16.6 Å². The summed E-state index contributed by atoms with van der Waals surface area (Å²) < 4.78 is 41.8. The smallest absolute Gasteiger partial charge is 0.344 e. The number of carbonyl (C=O) groups is 1. The Bertz CT molecular complexity index is 1260. The second kappa shape index (κ2) is 7.49. The van der Waals surface area contributed by atoms with Crippen LogP contribution < -0.4 is 5.32 Å². The Morgan fingerprint density at radius 3 is 2.77 bits per heavy atom. The van der Waals surface area contributed by atoms with E-state index < -0.39 is 17.8 Å². The molecule has 0 unspecified atom stereocenters. The van der Waals surface area contributed by atoms with Crippen molar-refractivity contribution in [3.8, 4) is 10.6 Å². The molecular weight excluding hydrogens is 425 g/mol. The van der Waals surface area contributed by atoms with Crippen molar-refractivity contribution in [3.63, 3.8) is 0 Å². The zero-order chi connectivity index (χ0) is 21.6. The Hall–Kier alpha value is -3.20. The fraction of sp³-hybridized carbons (Fsp3) is 0.227. The Labute approximate surface area is 179 Å². The third-order valence-electron chi connectivity index (χ3n) is 5.40. The van der Waals surface area contributed by atoms with Crippen molar-refractivity contribution < 1.29 is 18.0 Å². The molecular formula is C22H17F3N4OS. The Kier molecular flexibility index (Phi) is 4.77. The molecule has 5 rings (SSSR count). The van der Waals surface area contributed by atoms with Crippen LogP contribution in [0.5, 0.6) is 0 Å². The van der Waals surface area contributed by atoms with Crippen LogP contribution in [0.1, 0.15) is 46.2 Å². The van der Waals surface area contributed by atoms with Gasteiger partial charge in [0, 0.05) is 6.07 Å². The van der Waals surface area contributed by atoms with Crippen LogP contribution in [0.3, 0.4) is 0 Å². The van der Waals surface area contributed by atoms with Gasteiger partial charge in [-0.05, 0) is 47.9 Å². The highest BCUT2D eigenvalue weighted by atomic mass is 32.1. The highest BCUT2D eigenvalue weighted by Gasteiger charge is 2.36. The van der Waals surface area contributed by atoms with Crippen molar-refractivity contribution in [1.82, 2.24) is 19.9 Å². The molecule has 0 fully saturated rings. The topological polar surface area (TPSA) is 59.3 Å². The monoisotopic (exact) mass is 442 g/mol. The summed E-state index contributed by atoms with van der Waals surface area (Å²) in [4.78, 5) is 17.8. The molecule has 1 aromatic carbocycles. The quantitative estimate of drug-likeness (QED) is 0.469. The van der Waals surface area contributed by atoms with Crippen molar-refractivity contribution in [2.24, 2.45) is 0 Å². The summed E-state index contributed by atoms with van der Waals surface area (Å²) in [6, 6.07) is 13.4. The normalized spacial score (nSPS) is 16.3. The summed E-state index contributed by atoms with van der Waals surface area (Å²) in [6.07, 6.45) is -2.00. The molecule has 9 heteroatoms. The zero-order valence-corrected chi connectivity index (χ0v) is 17.0. The molecule has 3 aromatic heterocycles. The molecule has 1 N–H and O–H groups in total. The van der Waals surface area contributed by atoms with Gasteiger partial charge in [-0.1, -0.05) is 30.3 Å². The summed E-state index contributed by atoms with van der Waals surface area (Å²) >= 11 is 1.29. The number of alkyl halides is 3. The van der Waals surface area contributed by atoms with Gasteiger partial charge in [-0.15, -0.1) is 11.3 Å². The fourth-order valence-corrected chi connectivity index (χ4v) is 4.66. The van der Waals surface area contributed by atoms with E-state index in [1.54, 1.807) is 17.5 Å². The van der Waals surface area contributed by atoms with Crippen molar-refractivity contribution in [2.75, 3.05) is 0 Å². The second-order valence-electron chi connectivity index (χ2n) is 7.42.